The van der Waals surface area contributed by atoms with Gasteiger partial charge in [-0.15, -0.1) is 6.58 Å². The summed E-state index contributed by atoms with van der Waals surface area (Å²) in [5, 5.41) is 16.8. The van der Waals surface area contributed by atoms with E-state index in [1.807, 2.05) is 0 Å². The molecule has 1 unspecified atom stereocenters. The first-order valence-electron chi connectivity index (χ1n) is 3.14. The second-order valence-corrected chi connectivity index (χ2v) is 2.03. The maximum absolute atomic E-state index is 10.7. The van der Waals surface area contributed by atoms with Gasteiger partial charge in [0.2, 0.25) is 6.10 Å². The van der Waals surface area contributed by atoms with Gasteiger partial charge in [0.15, 0.2) is 5.78 Å². The van der Waals surface area contributed by atoms with Crippen molar-refractivity contribution in [2.24, 2.45) is 0 Å². The Labute approximate surface area is 64.2 Å². The van der Waals surface area contributed by atoms with Crippen LogP contribution in [0.5, 0.6) is 0 Å². The lowest BCUT2D eigenvalue weighted by Crippen LogP contribution is -2.29. The monoisotopic (exact) mass is 158 g/mol. The third-order valence-corrected chi connectivity index (χ3v) is 1.13. The molecular weight excluding hydrogens is 148 g/mol. The second kappa shape index (κ2) is 4.62. The van der Waals surface area contributed by atoms with Crippen molar-refractivity contribution in [3.63, 3.8) is 0 Å². The minimum Gasteiger partial charge on any atom is -0.479 e. The largest absolute Gasteiger partial charge is 0.479 e. The number of hydrogen-bond acceptors (Lipinski definition) is 3. The van der Waals surface area contributed by atoms with Crippen molar-refractivity contribution in [1.29, 1.82) is 0 Å². The van der Waals surface area contributed by atoms with Gasteiger partial charge >= 0.3 is 5.97 Å². The number of rotatable bonds is 5. The number of carbonyl (C=O) groups excluding carboxylic acids is 1. The number of hydrogen-bond donors (Lipinski definition) is 2. The summed E-state index contributed by atoms with van der Waals surface area (Å²) >= 11 is 0. The van der Waals surface area contributed by atoms with Crippen molar-refractivity contribution in [1.82, 2.24) is 0 Å². The maximum atomic E-state index is 10.7. The Morgan fingerprint density at radius 3 is 2.45 bits per heavy atom. The van der Waals surface area contributed by atoms with E-state index in [0.717, 1.165) is 0 Å². The van der Waals surface area contributed by atoms with Gasteiger partial charge in [0.25, 0.3) is 0 Å². The molecule has 0 aliphatic rings. The van der Waals surface area contributed by atoms with Crippen LogP contribution in [0.25, 0.3) is 0 Å². The zero-order valence-corrected chi connectivity index (χ0v) is 5.99. The molecule has 62 valence electrons. The second-order valence-electron chi connectivity index (χ2n) is 2.03. The fourth-order valence-corrected chi connectivity index (χ4v) is 0.519. The standard InChI is InChI=1S/C7H10O4/c1-2-3-4-5(8)6(9)7(10)11/h2,6,9H,1,3-4H2,(H,10,11). The molecule has 0 bridgehead atoms. The van der Waals surface area contributed by atoms with Gasteiger partial charge in [-0.3, -0.25) is 4.79 Å². The Morgan fingerprint density at radius 1 is 1.55 bits per heavy atom. The average Bonchev–Trinajstić information content (AvgIpc) is 1.98. The highest BCUT2D eigenvalue weighted by Gasteiger charge is 2.21. The van der Waals surface area contributed by atoms with Gasteiger partial charge < -0.3 is 10.2 Å². The lowest BCUT2D eigenvalue weighted by Gasteiger charge is -2.01. The van der Waals surface area contributed by atoms with Crippen LogP contribution in [0.4, 0.5) is 0 Å². The smallest absolute Gasteiger partial charge is 0.340 e. The number of aliphatic hydroxyl groups is 1. The molecule has 0 aliphatic carbocycles. The molecule has 0 fully saturated rings. The Morgan fingerprint density at radius 2 is 2.09 bits per heavy atom. The molecular formula is C7H10O4. The summed E-state index contributed by atoms with van der Waals surface area (Å²) in [6, 6.07) is 0. The van der Waals surface area contributed by atoms with Crippen LogP contribution in [-0.4, -0.2) is 28.1 Å². The molecule has 0 saturated carbocycles. The topological polar surface area (TPSA) is 74.6 Å². The van der Waals surface area contributed by atoms with Gasteiger partial charge in [-0.1, -0.05) is 6.08 Å². The number of ketones is 1. The van der Waals surface area contributed by atoms with Gasteiger partial charge in [0.05, 0.1) is 0 Å². The zero-order chi connectivity index (χ0) is 8.85. The predicted molar refractivity (Wildman–Crippen MR) is 38.1 cm³/mol. The van der Waals surface area contributed by atoms with Crippen LogP contribution in [0.1, 0.15) is 12.8 Å². The fraction of sp³-hybridized carbons (Fsp3) is 0.429. The van der Waals surface area contributed by atoms with Gasteiger partial charge in [0, 0.05) is 6.42 Å². The highest BCUT2D eigenvalue weighted by atomic mass is 16.4. The minimum absolute atomic E-state index is 0.0248. The molecule has 0 heterocycles. The predicted octanol–water partition coefficient (Wildman–Crippen LogP) is -0.0328. The zero-order valence-electron chi connectivity index (χ0n) is 5.99. The van der Waals surface area contributed by atoms with Crippen LogP contribution in [0.3, 0.4) is 0 Å². The summed E-state index contributed by atoms with van der Waals surface area (Å²) in [6.45, 7) is 3.36. The van der Waals surface area contributed by atoms with E-state index < -0.39 is 17.9 Å². The van der Waals surface area contributed by atoms with Crippen molar-refractivity contribution in [2.45, 2.75) is 18.9 Å². The first-order valence-corrected chi connectivity index (χ1v) is 3.14. The number of aliphatic hydroxyl groups excluding tert-OH is 1. The van der Waals surface area contributed by atoms with E-state index in [2.05, 4.69) is 6.58 Å². The van der Waals surface area contributed by atoms with Gasteiger partial charge in [0.1, 0.15) is 0 Å². The number of carbonyl (C=O) groups is 2. The molecule has 0 aromatic carbocycles. The number of carboxylic acids is 1. The molecule has 0 saturated heterocycles. The van der Waals surface area contributed by atoms with Crippen LogP contribution in [0.15, 0.2) is 12.7 Å². The van der Waals surface area contributed by atoms with E-state index in [4.69, 9.17) is 10.2 Å². The van der Waals surface area contributed by atoms with Crippen LogP contribution < -0.4 is 0 Å². The van der Waals surface area contributed by atoms with Crippen LogP contribution in [0, 0.1) is 0 Å². The molecule has 0 aromatic heterocycles. The van der Waals surface area contributed by atoms with Crippen molar-refractivity contribution in [3.05, 3.63) is 12.7 Å². The molecule has 0 aromatic rings. The highest BCUT2D eigenvalue weighted by Crippen LogP contribution is 1.96. The Balaban J connectivity index is 3.82. The summed E-state index contributed by atoms with van der Waals surface area (Å²) in [4.78, 5) is 20.7. The molecule has 0 spiro atoms. The molecule has 4 nitrogen and oxygen atoms in total. The molecule has 0 radical (unpaired) electrons. The summed E-state index contributed by atoms with van der Waals surface area (Å²) in [5.41, 5.74) is 0. The Kier molecular flexibility index (Phi) is 4.14. The summed E-state index contributed by atoms with van der Waals surface area (Å²) < 4.78 is 0. The van der Waals surface area contributed by atoms with Gasteiger partial charge in [-0.05, 0) is 6.42 Å². The van der Waals surface area contributed by atoms with E-state index >= 15 is 0 Å². The fourth-order valence-electron chi connectivity index (χ4n) is 0.519. The molecule has 0 amide bonds. The average molecular weight is 158 g/mol. The minimum atomic E-state index is -1.88. The van der Waals surface area contributed by atoms with Crippen molar-refractivity contribution in [3.8, 4) is 0 Å². The normalized spacial score (nSPS) is 12.1. The van der Waals surface area contributed by atoms with E-state index in [1.54, 1.807) is 0 Å². The SMILES string of the molecule is C=CCCC(=O)C(O)C(=O)O. The molecule has 1 atom stereocenters. The lowest BCUT2D eigenvalue weighted by atomic mass is 10.1. The number of allylic oxidation sites excluding steroid dienone is 1. The Hall–Kier alpha value is -1.16. The summed E-state index contributed by atoms with van der Waals surface area (Å²) in [5.74, 6) is -2.18. The van der Waals surface area contributed by atoms with Crippen molar-refractivity contribution < 1.29 is 19.8 Å². The maximum Gasteiger partial charge on any atom is 0.340 e. The van der Waals surface area contributed by atoms with E-state index in [-0.39, 0.29) is 6.42 Å². The number of aliphatic carboxylic acids is 1. The Bertz CT molecular complexity index is 173. The van der Waals surface area contributed by atoms with E-state index in [0.29, 0.717) is 6.42 Å². The third kappa shape index (κ3) is 3.52. The quantitative estimate of drug-likeness (QED) is 0.435. The molecule has 4 heteroatoms. The molecule has 11 heavy (non-hydrogen) atoms. The first kappa shape index (κ1) is 9.84. The lowest BCUT2D eigenvalue weighted by molar-refractivity contribution is -0.152. The first-order chi connectivity index (χ1) is 5.09. The van der Waals surface area contributed by atoms with Gasteiger partial charge in [-0.2, -0.15) is 0 Å². The summed E-state index contributed by atoms with van der Waals surface area (Å²) in [7, 11) is 0. The van der Waals surface area contributed by atoms with Crippen molar-refractivity contribution >= 4 is 11.8 Å². The van der Waals surface area contributed by atoms with Crippen LogP contribution in [-0.2, 0) is 9.59 Å². The van der Waals surface area contributed by atoms with Crippen LogP contribution in [0.2, 0.25) is 0 Å². The summed E-state index contributed by atoms with van der Waals surface area (Å²) in [6.07, 6.45) is 0.0297. The highest BCUT2D eigenvalue weighted by molar-refractivity contribution is 6.00. The van der Waals surface area contributed by atoms with E-state index in [9.17, 15) is 9.59 Å². The van der Waals surface area contributed by atoms with Crippen molar-refractivity contribution in [2.75, 3.05) is 0 Å². The number of carboxylic acid groups (broad SMARTS) is 1. The molecule has 0 aliphatic heterocycles. The van der Waals surface area contributed by atoms with Gasteiger partial charge in [-0.25, -0.2) is 4.79 Å². The number of Topliss-reactive ketones (excluding diaryl/α,β-unsaturated/α-hetero) is 1. The van der Waals surface area contributed by atoms with Crippen LogP contribution >= 0.6 is 0 Å². The molecule has 0 rings (SSSR count). The van der Waals surface area contributed by atoms with E-state index in [1.165, 1.54) is 6.08 Å². The third-order valence-electron chi connectivity index (χ3n) is 1.13. The molecule has 2 N–H and O–H groups in total.